The van der Waals surface area contributed by atoms with Gasteiger partial charge in [0.25, 0.3) is 5.91 Å². The zero-order valence-electron chi connectivity index (χ0n) is 31.4. The van der Waals surface area contributed by atoms with Gasteiger partial charge in [-0.3, -0.25) is 14.4 Å². The molecule has 0 saturated carbocycles. The molecule has 9 nitrogen and oxygen atoms in total. The summed E-state index contributed by atoms with van der Waals surface area (Å²) in [6.07, 6.45) is 2.32. The first-order valence-electron chi connectivity index (χ1n) is 18.3. The van der Waals surface area contributed by atoms with E-state index in [1.165, 1.54) is 37.9 Å². The second kappa shape index (κ2) is 20.7. The Hall–Kier alpha value is -4.08. The van der Waals surface area contributed by atoms with Crippen LogP contribution in [0.15, 0.2) is 60.7 Å². The van der Waals surface area contributed by atoms with Gasteiger partial charge in [-0.1, -0.05) is 73.5 Å². The van der Waals surface area contributed by atoms with Gasteiger partial charge in [-0.25, -0.2) is 4.79 Å². The van der Waals surface area contributed by atoms with Gasteiger partial charge in [-0.2, -0.15) is 0 Å². The van der Waals surface area contributed by atoms with Crippen molar-refractivity contribution >= 4 is 34.4 Å². The summed E-state index contributed by atoms with van der Waals surface area (Å²) in [5, 5.41) is 13.5. The fourth-order valence-corrected chi connectivity index (χ4v) is 5.85. The van der Waals surface area contributed by atoms with Gasteiger partial charge in [-0.05, 0) is 113 Å². The zero-order valence-corrected chi connectivity index (χ0v) is 31.4. The molecule has 0 aromatic heterocycles. The van der Waals surface area contributed by atoms with E-state index in [0.29, 0.717) is 12.8 Å². The largest absolute Gasteiger partial charge is 0.466 e. The van der Waals surface area contributed by atoms with E-state index < -0.39 is 47.9 Å². The summed E-state index contributed by atoms with van der Waals surface area (Å²) >= 11 is 0. The molecule has 0 aliphatic heterocycles. The van der Waals surface area contributed by atoms with E-state index in [4.69, 9.17) is 14.2 Å². The molecule has 0 saturated heterocycles. The maximum absolute atomic E-state index is 14.0. The smallest absolute Gasteiger partial charge is 0.338 e. The van der Waals surface area contributed by atoms with Gasteiger partial charge in [0, 0.05) is 13.2 Å². The number of carbonyl (C=O) groups excluding carboxylic acids is 4. The van der Waals surface area contributed by atoms with E-state index in [-0.39, 0.29) is 26.3 Å². The Kier molecular flexibility index (Phi) is 16.8. The maximum atomic E-state index is 14.0. The van der Waals surface area contributed by atoms with E-state index >= 15 is 0 Å². The molecule has 2 atom stereocenters. The highest BCUT2D eigenvalue weighted by Gasteiger charge is 2.39. The second-order valence-electron chi connectivity index (χ2n) is 14.3. The number of hydrogen-bond acceptors (Lipinski definition) is 8. The third-order valence-electron chi connectivity index (χ3n) is 8.69. The molecule has 0 radical (unpaired) electrons. The van der Waals surface area contributed by atoms with Gasteiger partial charge < -0.3 is 24.2 Å². The Morgan fingerprint density at radius 3 is 2.10 bits per heavy atom. The fraction of sp³-hybridized carbons (Fsp3) is 0.524. The Labute approximate surface area is 303 Å². The van der Waals surface area contributed by atoms with Crippen LogP contribution in [-0.4, -0.2) is 77.7 Å². The number of aliphatic hydroxyl groups is 1. The standard InChI is InChI=1S/C42H57NO8/c1-7-49-37(45)28-36(44)29-43(24-14-8-10-17-33-22-23-34-18-12-13-19-35(34)27-33)40(47)39(38(46)41(48)51-42(4,5)6)50-25-15-9-11-16-32-21-20-30(2)31(3)26-32/h12-13,18-23,26-27,38-39,46H,7-11,14-17,24-25,28-29H2,1-6H3/t38-,39-/m1/s1. The van der Waals surface area contributed by atoms with Crippen molar-refractivity contribution in [1.82, 2.24) is 4.90 Å². The summed E-state index contributed by atoms with van der Waals surface area (Å²) in [4.78, 5) is 53.3. The molecule has 1 amide bonds. The summed E-state index contributed by atoms with van der Waals surface area (Å²) in [6, 6.07) is 21.1. The van der Waals surface area contributed by atoms with Crippen molar-refractivity contribution < 1.29 is 38.5 Å². The number of carbonyl (C=O) groups is 4. The van der Waals surface area contributed by atoms with Crippen molar-refractivity contribution in [2.75, 3.05) is 26.3 Å². The minimum absolute atomic E-state index is 0.125. The van der Waals surface area contributed by atoms with Crippen LogP contribution in [0.2, 0.25) is 0 Å². The number of Topliss-reactive ketones (excluding diaryl/α,β-unsaturated/α-hetero) is 1. The van der Waals surface area contributed by atoms with E-state index in [2.05, 4.69) is 62.4 Å². The third kappa shape index (κ3) is 14.6. The molecular formula is C42H57NO8. The van der Waals surface area contributed by atoms with Gasteiger partial charge in [0.1, 0.15) is 12.0 Å². The van der Waals surface area contributed by atoms with E-state index in [0.717, 1.165) is 38.5 Å². The molecular weight excluding hydrogens is 646 g/mol. The van der Waals surface area contributed by atoms with E-state index in [1.54, 1.807) is 27.7 Å². The lowest BCUT2D eigenvalue weighted by Gasteiger charge is -2.30. The average molecular weight is 704 g/mol. The highest BCUT2D eigenvalue weighted by molar-refractivity contribution is 5.99. The summed E-state index contributed by atoms with van der Waals surface area (Å²) in [5.74, 6) is -2.86. The molecule has 3 rings (SSSR count). The molecule has 0 unspecified atom stereocenters. The number of benzene rings is 3. The normalized spacial score (nSPS) is 12.7. The topological polar surface area (TPSA) is 119 Å². The number of aliphatic hydroxyl groups excluding tert-OH is 1. The number of hydrogen-bond donors (Lipinski definition) is 1. The Morgan fingerprint density at radius 1 is 0.784 bits per heavy atom. The second-order valence-corrected chi connectivity index (χ2v) is 14.3. The number of unbranched alkanes of at least 4 members (excludes halogenated alkanes) is 4. The number of ether oxygens (including phenoxy) is 3. The van der Waals surface area contributed by atoms with Crippen LogP contribution in [0.4, 0.5) is 0 Å². The first-order chi connectivity index (χ1) is 24.3. The van der Waals surface area contributed by atoms with Crippen molar-refractivity contribution in [3.05, 3.63) is 82.9 Å². The number of esters is 2. The van der Waals surface area contributed by atoms with Crippen molar-refractivity contribution in [2.24, 2.45) is 0 Å². The van der Waals surface area contributed by atoms with Crippen molar-refractivity contribution in [1.29, 1.82) is 0 Å². The fourth-order valence-electron chi connectivity index (χ4n) is 5.85. The Bertz CT molecular complexity index is 1590. The minimum atomic E-state index is -1.90. The molecule has 0 fully saturated rings. The number of nitrogens with zero attached hydrogens (tertiary/aromatic N) is 1. The molecule has 0 aliphatic rings. The number of aryl methyl sites for hydroxylation is 4. The molecule has 278 valence electrons. The van der Waals surface area contributed by atoms with Crippen LogP contribution >= 0.6 is 0 Å². The van der Waals surface area contributed by atoms with Crippen molar-refractivity contribution in [2.45, 2.75) is 117 Å². The molecule has 0 heterocycles. The number of fused-ring (bicyclic) bond motifs is 1. The quantitative estimate of drug-likeness (QED) is 0.0715. The van der Waals surface area contributed by atoms with E-state index in [1.807, 2.05) is 12.1 Å². The Balaban J connectivity index is 1.66. The number of rotatable bonds is 21. The van der Waals surface area contributed by atoms with E-state index in [9.17, 15) is 24.3 Å². The van der Waals surface area contributed by atoms with Crippen LogP contribution in [0, 0.1) is 13.8 Å². The van der Waals surface area contributed by atoms with Gasteiger partial charge in [0.05, 0.1) is 13.2 Å². The SMILES string of the molecule is CCOC(=O)CC(=O)CN(CCCCCc1ccc2ccccc2c1)C(=O)[C@H](OCCCCCc1ccc(C)c(C)c1)[C@@H](O)C(=O)OC(C)(C)C. The lowest BCUT2D eigenvalue weighted by atomic mass is 10.0. The van der Waals surface area contributed by atoms with Gasteiger partial charge in [0.2, 0.25) is 0 Å². The summed E-state index contributed by atoms with van der Waals surface area (Å²) < 4.78 is 16.3. The number of ketones is 1. The first kappa shape index (κ1) is 41.3. The van der Waals surface area contributed by atoms with Gasteiger partial charge in [-0.15, -0.1) is 0 Å². The molecule has 51 heavy (non-hydrogen) atoms. The predicted molar refractivity (Wildman–Crippen MR) is 199 cm³/mol. The molecule has 0 bridgehead atoms. The molecule has 1 N–H and O–H groups in total. The first-order valence-corrected chi connectivity index (χ1v) is 18.3. The monoisotopic (exact) mass is 703 g/mol. The summed E-state index contributed by atoms with van der Waals surface area (Å²) in [5.41, 5.74) is 4.08. The highest BCUT2D eigenvalue weighted by Crippen LogP contribution is 2.19. The summed E-state index contributed by atoms with van der Waals surface area (Å²) in [6.45, 7) is 10.9. The molecule has 9 heteroatoms. The lowest BCUT2D eigenvalue weighted by molar-refractivity contribution is -0.179. The lowest BCUT2D eigenvalue weighted by Crippen LogP contribution is -2.52. The number of amides is 1. The summed E-state index contributed by atoms with van der Waals surface area (Å²) in [7, 11) is 0. The van der Waals surface area contributed by atoms with Crippen LogP contribution in [0.25, 0.3) is 10.8 Å². The molecule has 3 aromatic carbocycles. The van der Waals surface area contributed by atoms with Crippen LogP contribution in [-0.2, 0) is 46.2 Å². The van der Waals surface area contributed by atoms with Crippen LogP contribution in [0.3, 0.4) is 0 Å². The van der Waals surface area contributed by atoms with Crippen molar-refractivity contribution in [3.8, 4) is 0 Å². The van der Waals surface area contributed by atoms with Crippen LogP contribution in [0.1, 0.15) is 94.9 Å². The molecule has 3 aromatic rings. The molecule has 0 spiro atoms. The van der Waals surface area contributed by atoms with Gasteiger partial charge in [0.15, 0.2) is 18.0 Å². The Morgan fingerprint density at radius 2 is 1.43 bits per heavy atom. The predicted octanol–water partition coefficient (Wildman–Crippen LogP) is 7.02. The average Bonchev–Trinajstić information content (AvgIpc) is 3.07. The third-order valence-corrected chi connectivity index (χ3v) is 8.69. The minimum Gasteiger partial charge on any atom is -0.466 e. The zero-order chi connectivity index (χ0) is 37.4. The maximum Gasteiger partial charge on any atom is 0.338 e. The van der Waals surface area contributed by atoms with Crippen molar-refractivity contribution in [3.63, 3.8) is 0 Å². The van der Waals surface area contributed by atoms with Gasteiger partial charge >= 0.3 is 11.9 Å². The highest BCUT2D eigenvalue weighted by atomic mass is 16.6. The molecule has 0 aliphatic carbocycles. The van der Waals surface area contributed by atoms with Crippen LogP contribution in [0.5, 0.6) is 0 Å². The van der Waals surface area contributed by atoms with Crippen LogP contribution < -0.4 is 0 Å².